The standard InChI is InChI=1S/C21H30N4O2/c1-5-23-20(22)17(3)18(4)25(6-2)14-10-11-15-27-21(26)24-16-19-12-8-7-9-13-19/h5-9,12-13H,1-2,10-11,14-16H2,3-4H3,(H2,22,23)(H,24,26)/b18-17+. The number of alkyl carbamates (subject to hydrolysis) is 1. The molecule has 1 aromatic rings. The summed E-state index contributed by atoms with van der Waals surface area (Å²) < 4.78 is 5.20. The number of aliphatic imine (C=N–C) groups is 1. The molecule has 0 saturated heterocycles. The average Bonchev–Trinajstić information content (AvgIpc) is 2.69. The first-order valence-electron chi connectivity index (χ1n) is 8.95. The van der Waals surface area contributed by atoms with E-state index >= 15 is 0 Å². The molecule has 1 aromatic carbocycles. The molecule has 0 heterocycles. The molecule has 1 rings (SSSR count). The summed E-state index contributed by atoms with van der Waals surface area (Å²) in [5.74, 6) is 0.438. The summed E-state index contributed by atoms with van der Waals surface area (Å²) in [6, 6.07) is 9.71. The highest BCUT2D eigenvalue weighted by molar-refractivity contribution is 5.97. The number of nitrogens with two attached hydrogens (primary N) is 1. The van der Waals surface area contributed by atoms with Crippen molar-refractivity contribution in [2.24, 2.45) is 10.7 Å². The lowest BCUT2D eigenvalue weighted by Gasteiger charge is -2.23. The van der Waals surface area contributed by atoms with E-state index in [1.54, 1.807) is 6.20 Å². The third-order valence-corrected chi connectivity index (χ3v) is 4.11. The van der Waals surface area contributed by atoms with Gasteiger partial charge >= 0.3 is 6.09 Å². The number of carbonyl (C=O) groups excluding carboxylic acids is 1. The van der Waals surface area contributed by atoms with Crippen LogP contribution in [0.5, 0.6) is 0 Å². The topological polar surface area (TPSA) is 79.9 Å². The van der Waals surface area contributed by atoms with E-state index in [1.165, 1.54) is 6.20 Å². The van der Waals surface area contributed by atoms with E-state index in [1.807, 2.05) is 49.1 Å². The summed E-state index contributed by atoms with van der Waals surface area (Å²) in [5.41, 5.74) is 8.79. The maximum absolute atomic E-state index is 11.7. The maximum atomic E-state index is 11.7. The van der Waals surface area contributed by atoms with Crippen LogP contribution in [0.1, 0.15) is 32.3 Å². The highest BCUT2D eigenvalue weighted by Gasteiger charge is 2.08. The minimum atomic E-state index is -0.403. The van der Waals surface area contributed by atoms with E-state index < -0.39 is 6.09 Å². The minimum absolute atomic E-state index is 0.368. The number of hydrogen-bond donors (Lipinski definition) is 2. The Labute approximate surface area is 162 Å². The van der Waals surface area contributed by atoms with Crippen molar-refractivity contribution in [2.75, 3.05) is 13.2 Å². The number of nitrogens with one attached hydrogen (secondary N) is 1. The fourth-order valence-electron chi connectivity index (χ4n) is 2.36. The molecule has 0 unspecified atom stereocenters. The lowest BCUT2D eigenvalue weighted by molar-refractivity contribution is 0.143. The zero-order valence-corrected chi connectivity index (χ0v) is 16.3. The van der Waals surface area contributed by atoms with Crippen molar-refractivity contribution in [3.05, 3.63) is 72.7 Å². The van der Waals surface area contributed by atoms with Gasteiger partial charge in [0.05, 0.1) is 6.61 Å². The molecule has 0 bridgehead atoms. The summed E-state index contributed by atoms with van der Waals surface area (Å²) >= 11 is 0. The van der Waals surface area contributed by atoms with Gasteiger partial charge in [0.2, 0.25) is 0 Å². The van der Waals surface area contributed by atoms with Crippen LogP contribution in [0.3, 0.4) is 0 Å². The smallest absolute Gasteiger partial charge is 0.407 e. The summed E-state index contributed by atoms with van der Waals surface area (Å²) in [7, 11) is 0. The number of amidine groups is 1. The van der Waals surface area contributed by atoms with E-state index in [2.05, 4.69) is 23.5 Å². The van der Waals surface area contributed by atoms with Crippen molar-refractivity contribution in [3.8, 4) is 0 Å². The molecule has 0 saturated carbocycles. The summed E-state index contributed by atoms with van der Waals surface area (Å²) in [6.07, 6.45) is 4.38. The lowest BCUT2D eigenvalue weighted by Crippen LogP contribution is -2.25. The van der Waals surface area contributed by atoms with E-state index in [0.717, 1.165) is 36.2 Å². The number of unbranched alkanes of at least 4 members (excludes halogenated alkanes) is 1. The Kier molecular flexibility index (Phi) is 10.1. The van der Waals surface area contributed by atoms with Crippen LogP contribution in [0.2, 0.25) is 0 Å². The lowest BCUT2D eigenvalue weighted by atomic mass is 10.2. The molecule has 6 heteroatoms. The van der Waals surface area contributed by atoms with Gasteiger partial charge in [-0.25, -0.2) is 9.79 Å². The van der Waals surface area contributed by atoms with Crippen LogP contribution in [0, 0.1) is 0 Å². The Morgan fingerprint density at radius 2 is 1.96 bits per heavy atom. The molecule has 1 amide bonds. The van der Waals surface area contributed by atoms with Crippen LogP contribution in [0.25, 0.3) is 0 Å². The van der Waals surface area contributed by atoms with Gasteiger partial charge in [0.25, 0.3) is 0 Å². The quantitative estimate of drug-likeness (QED) is 0.351. The number of carbonyl (C=O) groups is 1. The highest BCUT2D eigenvalue weighted by atomic mass is 16.5. The van der Waals surface area contributed by atoms with Crippen molar-refractivity contribution >= 4 is 11.9 Å². The second kappa shape index (κ2) is 12.4. The van der Waals surface area contributed by atoms with Crippen molar-refractivity contribution in [1.29, 1.82) is 0 Å². The Morgan fingerprint density at radius 3 is 2.59 bits per heavy atom. The Hall–Kier alpha value is -3.02. The molecule has 0 aliphatic heterocycles. The van der Waals surface area contributed by atoms with E-state index in [9.17, 15) is 4.79 Å². The van der Waals surface area contributed by atoms with E-state index in [4.69, 9.17) is 10.5 Å². The van der Waals surface area contributed by atoms with Gasteiger partial charge in [0.1, 0.15) is 5.84 Å². The number of ether oxygens (including phenoxy) is 1. The van der Waals surface area contributed by atoms with Crippen LogP contribution in [0.15, 0.2) is 72.2 Å². The van der Waals surface area contributed by atoms with Crippen molar-refractivity contribution < 1.29 is 9.53 Å². The molecular weight excluding hydrogens is 340 g/mol. The number of nitrogens with zero attached hydrogens (tertiary/aromatic N) is 2. The summed E-state index contributed by atoms with van der Waals surface area (Å²) in [4.78, 5) is 17.7. The zero-order chi connectivity index (χ0) is 20.1. The van der Waals surface area contributed by atoms with Gasteiger partial charge in [-0.1, -0.05) is 43.5 Å². The summed E-state index contributed by atoms with van der Waals surface area (Å²) in [5, 5.41) is 2.74. The molecule has 6 nitrogen and oxygen atoms in total. The molecule has 0 aliphatic rings. The van der Waals surface area contributed by atoms with Gasteiger partial charge in [-0.15, -0.1) is 0 Å². The molecule has 146 valence electrons. The summed E-state index contributed by atoms with van der Waals surface area (Å²) in [6.45, 7) is 12.9. The second-order valence-corrected chi connectivity index (χ2v) is 5.97. The monoisotopic (exact) mass is 370 g/mol. The maximum Gasteiger partial charge on any atom is 0.407 e. The molecule has 27 heavy (non-hydrogen) atoms. The minimum Gasteiger partial charge on any atom is -0.450 e. The van der Waals surface area contributed by atoms with E-state index in [-0.39, 0.29) is 0 Å². The Morgan fingerprint density at radius 1 is 1.26 bits per heavy atom. The highest BCUT2D eigenvalue weighted by Crippen LogP contribution is 2.12. The number of hydrogen-bond acceptors (Lipinski definition) is 4. The molecule has 0 fully saturated rings. The van der Waals surface area contributed by atoms with Crippen LogP contribution in [-0.2, 0) is 11.3 Å². The van der Waals surface area contributed by atoms with Crippen molar-refractivity contribution in [1.82, 2.24) is 10.2 Å². The Balaban J connectivity index is 2.32. The fourth-order valence-corrected chi connectivity index (χ4v) is 2.36. The number of allylic oxidation sites excluding steroid dienone is 1. The van der Waals surface area contributed by atoms with Crippen LogP contribution < -0.4 is 11.1 Å². The number of benzene rings is 1. The first-order chi connectivity index (χ1) is 13.0. The molecule has 0 atom stereocenters. The number of amides is 1. The van der Waals surface area contributed by atoms with Gasteiger partial charge in [-0.3, -0.25) is 0 Å². The normalized spacial score (nSPS) is 12.0. The molecule has 3 N–H and O–H groups in total. The third kappa shape index (κ3) is 8.27. The predicted octanol–water partition coefficient (Wildman–Crippen LogP) is 3.93. The second-order valence-electron chi connectivity index (χ2n) is 5.97. The zero-order valence-electron chi connectivity index (χ0n) is 16.3. The molecule has 0 aliphatic carbocycles. The molecule has 0 radical (unpaired) electrons. The SMILES string of the molecule is C=CN=C(N)/C(C)=C(\C)N(C=C)CCCCOC(=O)NCc1ccccc1. The predicted molar refractivity (Wildman–Crippen MR) is 111 cm³/mol. The van der Waals surface area contributed by atoms with Gasteiger partial charge < -0.3 is 20.7 Å². The van der Waals surface area contributed by atoms with Crippen molar-refractivity contribution in [2.45, 2.75) is 33.2 Å². The molecular formula is C21H30N4O2. The first-order valence-corrected chi connectivity index (χ1v) is 8.95. The van der Waals surface area contributed by atoms with Gasteiger partial charge in [0.15, 0.2) is 0 Å². The van der Waals surface area contributed by atoms with Crippen molar-refractivity contribution in [3.63, 3.8) is 0 Å². The number of rotatable bonds is 11. The third-order valence-electron chi connectivity index (χ3n) is 4.11. The van der Waals surface area contributed by atoms with Crippen LogP contribution in [-0.4, -0.2) is 30.0 Å². The molecule has 0 aromatic heterocycles. The van der Waals surface area contributed by atoms with Crippen LogP contribution >= 0.6 is 0 Å². The average molecular weight is 370 g/mol. The first kappa shape index (κ1) is 22.0. The largest absolute Gasteiger partial charge is 0.450 e. The van der Waals surface area contributed by atoms with Gasteiger partial charge in [-0.2, -0.15) is 0 Å². The Bertz CT molecular complexity index is 681. The van der Waals surface area contributed by atoms with E-state index in [0.29, 0.717) is 19.0 Å². The van der Waals surface area contributed by atoms with Gasteiger partial charge in [-0.05, 0) is 38.5 Å². The fraction of sp³-hybridized carbons (Fsp3) is 0.333. The molecule has 0 spiro atoms. The van der Waals surface area contributed by atoms with Crippen LogP contribution in [0.4, 0.5) is 4.79 Å². The van der Waals surface area contributed by atoms with Gasteiger partial charge in [0, 0.05) is 30.6 Å².